The molecule has 0 saturated heterocycles. The number of hydrogen-bond donors (Lipinski definition) is 0. The fourth-order valence-electron chi connectivity index (χ4n) is 2.21. The van der Waals surface area contributed by atoms with E-state index in [9.17, 15) is 8.42 Å². The molecular formula is C15H16BrNO2S2. The van der Waals surface area contributed by atoms with Crippen molar-refractivity contribution in [3.63, 3.8) is 0 Å². The summed E-state index contributed by atoms with van der Waals surface area (Å²) in [4.78, 5) is 0. The highest BCUT2D eigenvalue weighted by Crippen LogP contribution is 2.37. The Balaban J connectivity index is 1.93. The lowest BCUT2D eigenvalue weighted by atomic mass is 10.2. The molecule has 0 unspecified atom stereocenters. The third-order valence-corrected chi connectivity index (χ3v) is 8.02. The van der Waals surface area contributed by atoms with E-state index in [1.54, 1.807) is 10.4 Å². The third kappa shape index (κ3) is 3.23. The Labute approximate surface area is 137 Å². The van der Waals surface area contributed by atoms with Crippen LogP contribution in [0.5, 0.6) is 0 Å². The van der Waals surface area contributed by atoms with Gasteiger partial charge in [-0.1, -0.05) is 30.3 Å². The van der Waals surface area contributed by atoms with E-state index < -0.39 is 10.0 Å². The molecular weight excluding hydrogens is 370 g/mol. The summed E-state index contributed by atoms with van der Waals surface area (Å²) in [5.74, 6) is 0. The van der Waals surface area contributed by atoms with Crippen LogP contribution >= 0.6 is 27.3 Å². The molecule has 0 N–H and O–H groups in total. The maximum Gasteiger partial charge on any atom is 0.253 e. The average Bonchev–Trinajstić information content (AvgIpc) is 3.23. The topological polar surface area (TPSA) is 37.4 Å². The van der Waals surface area contributed by atoms with Gasteiger partial charge in [0.25, 0.3) is 10.0 Å². The standard InChI is InChI=1S/C15H16BrNO2S2/c1-11-9-14(20-15(11)16)21(18,19)17(13-7-8-13)10-12-5-3-2-4-6-12/h2-6,9,13H,7-8,10H2,1H3. The molecule has 3 rings (SSSR count). The molecule has 21 heavy (non-hydrogen) atoms. The fourth-order valence-corrected chi connectivity index (χ4v) is 6.24. The normalized spacial score (nSPS) is 15.6. The Morgan fingerprint density at radius 3 is 2.48 bits per heavy atom. The molecule has 0 amide bonds. The van der Waals surface area contributed by atoms with Crippen LogP contribution in [0.1, 0.15) is 24.0 Å². The molecule has 2 aromatic rings. The number of rotatable bonds is 5. The van der Waals surface area contributed by atoms with E-state index in [0.29, 0.717) is 10.8 Å². The Morgan fingerprint density at radius 1 is 1.29 bits per heavy atom. The van der Waals surface area contributed by atoms with Gasteiger partial charge >= 0.3 is 0 Å². The number of aryl methyl sites for hydroxylation is 1. The predicted octanol–water partition coefficient (Wildman–Crippen LogP) is 4.17. The van der Waals surface area contributed by atoms with Crippen LogP contribution in [0.2, 0.25) is 0 Å². The van der Waals surface area contributed by atoms with Gasteiger partial charge in [0.2, 0.25) is 0 Å². The van der Waals surface area contributed by atoms with Crippen LogP contribution < -0.4 is 0 Å². The number of benzene rings is 1. The third-order valence-electron chi connectivity index (χ3n) is 3.53. The minimum atomic E-state index is -3.42. The van der Waals surface area contributed by atoms with Crippen LogP contribution in [0.25, 0.3) is 0 Å². The van der Waals surface area contributed by atoms with Gasteiger partial charge in [-0.05, 0) is 52.9 Å². The van der Waals surface area contributed by atoms with Gasteiger partial charge in [-0.2, -0.15) is 4.31 Å². The largest absolute Gasteiger partial charge is 0.253 e. The molecule has 6 heteroatoms. The van der Waals surface area contributed by atoms with Crippen molar-refractivity contribution in [1.82, 2.24) is 4.31 Å². The smallest absolute Gasteiger partial charge is 0.206 e. The molecule has 1 aromatic heterocycles. The molecule has 0 atom stereocenters. The van der Waals surface area contributed by atoms with Crippen LogP contribution in [0.15, 0.2) is 44.4 Å². The van der Waals surface area contributed by atoms with Gasteiger partial charge < -0.3 is 0 Å². The van der Waals surface area contributed by atoms with E-state index in [2.05, 4.69) is 15.9 Å². The second kappa shape index (κ2) is 5.83. The van der Waals surface area contributed by atoms with Crippen LogP contribution in [0.3, 0.4) is 0 Å². The molecule has 0 radical (unpaired) electrons. The summed E-state index contributed by atoms with van der Waals surface area (Å²) in [6.07, 6.45) is 1.91. The first-order valence-corrected chi connectivity index (χ1v) is 9.85. The Kier molecular flexibility index (Phi) is 4.23. The zero-order valence-corrected chi connectivity index (χ0v) is 14.8. The average molecular weight is 386 g/mol. The molecule has 0 bridgehead atoms. The van der Waals surface area contributed by atoms with Crippen molar-refractivity contribution in [2.24, 2.45) is 0 Å². The van der Waals surface area contributed by atoms with Crippen molar-refractivity contribution in [3.05, 3.63) is 51.3 Å². The maximum absolute atomic E-state index is 12.9. The Hall–Kier alpha value is -0.690. The highest BCUT2D eigenvalue weighted by atomic mass is 79.9. The molecule has 0 aliphatic heterocycles. The monoisotopic (exact) mass is 385 g/mol. The highest BCUT2D eigenvalue weighted by molar-refractivity contribution is 9.11. The first-order chi connectivity index (χ1) is 9.98. The van der Waals surface area contributed by atoms with E-state index in [-0.39, 0.29) is 6.04 Å². The fraction of sp³-hybridized carbons (Fsp3) is 0.333. The van der Waals surface area contributed by atoms with E-state index in [1.165, 1.54) is 11.3 Å². The van der Waals surface area contributed by atoms with Crippen molar-refractivity contribution in [1.29, 1.82) is 0 Å². The molecule has 112 valence electrons. The van der Waals surface area contributed by atoms with Gasteiger partial charge in [0.1, 0.15) is 4.21 Å². The van der Waals surface area contributed by atoms with Gasteiger partial charge in [-0.3, -0.25) is 0 Å². The lowest BCUT2D eigenvalue weighted by molar-refractivity contribution is 0.400. The predicted molar refractivity (Wildman–Crippen MR) is 88.9 cm³/mol. The highest BCUT2D eigenvalue weighted by Gasteiger charge is 2.38. The molecule has 1 aliphatic rings. The minimum Gasteiger partial charge on any atom is -0.206 e. The quantitative estimate of drug-likeness (QED) is 0.774. The van der Waals surface area contributed by atoms with Crippen molar-refractivity contribution < 1.29 is 8.42 Å². The van der Waals surface area contributed by atoms with E-state index in [4.69, 9.17) is 0 Å². The van der Waals surface area contributed by atoms with Crippen LogP contribution in [0, 0.1) is 6.92 Å². The van der Waals surface area contributed by atoms with E-state index >= 15 is 0 Å². The lowest BCUT2D eigenvalue weighted by Gasteiger charge is -2.21. The van der Waals surface area contributed by atoms with E-state index in [0.717, 1.165) is 27.8 Å². The summed E-state index contributed by atoms with van der Waals surface area (Å²) < 4.78 is 28.8. The van der Waals surface area contributed by atoms with Crippen LogP contribution in [-0.4, -0.2) is 18.8 Å². The summed E-state index contributed by atoms with van der Waals surface area (Å²) in [6, 6.07) is 11.7. The van der Waals surface area contributed by atoms with Crippen molar-refractivity contribution in [2.75, 3.05) is 0 Å². The number of halogens is 1. The molecule has 0 spiro atoms. The van der Waals surface area contributed by atoms with E-state index in [1.807, 2.05) is 37.3 Å². The summed E-state index contributed by atoms with van der Waals surface area (Å²) >= 11 is 4.71. The number of sulfonamides is 1. The van der Waals surface area contributed by atoms with Crippen LogP contribution in [0.4, 0.5) is 0 Å². The van der Waals surface area contributed by atoms with Gasteiger partial charge in [-0.15, -0.1) is 11.3 Å². The number of nitrogens with zero attached hydrogens (tertiary/aromatic N) is 1. The first-order valence-electron chi connectivity index (χ1n) is 6.80. The number of thiophene rings is 1. The van der Waals surface area contributed by atoms with Gasteiger partial charge in [0.05, 0.1) is 3.79 Å². The molecule has 1 aromatic carbocycles. The zero-order valence-electron chi connectivity index (χ0n) is 11.6. The lowest BCUT2D eigenvalue weighted by Crippen LogP contribution is -2.32. The van der Waals surface area contributed by atoms with Gasteiger partial charge in [0, 0.05) is 12.6 Å². The molecule has 1 aliphatic carbocycles. The zero-order chi connectivity index (χ0) is 15.0. The second-order valence-electron chi connectivity index (χ2n) is 5.29. The van der Waals surface area contributed by atoms with Crippen molar-refractivity contribution in [3.8, 4) is 0 Å². The molecule has 1 fully saturated rings. The first kappa shape index (κ1) is 15.2. The second-order valence-corrected chi connectivity index (χ2v) is 9.78. The van der Waals surface area contributed by atoms with Crippen molar-refractivity contribution in [2.45, 2.75) is 36.6 Å². The number of hydrogen-bond acceptors (Lipinski definition) is 3. The van der Waals surface area contributed by atoms with Gasteiger partial charge in [-0.25, -0.2) is 8.42 Å². The summed E-state index contributed by atoms with van der Waals surface area (Å²) in [5, 5.41) is 0. The minimum absolute atomic E-state index is 0.149. The SMILES string of the molecule is Cc1cc(S(=O)(=O)N(Cc2ccccc2)C2CC2)sc1Br. The van der Waals surface area contributed by atoms with Gasteiger partial charge in [0.15, 0.2) is 0 Å². The summed E-state index contributed by atoms with van der Waals surface area (Å²) in [7, 11) is -3.42. The van der Waals surface area contributed by atoms with Crippen molar-refractivity contribution >= 4 is 37.3 Å². The maximum atomic E-state index is 12.9. The Bertz CT molecular complexity index is 717. The van der Waals surface area contributed by atoms with Crippen LogP contribution in [-0.2, 0) is 16.6 Å². The summed E-state index contributed by atoms with van der Waals surface area (Å²) in [6.45, 7) is 2.36. The summed E-state index contributed by atoms with van der Waals surface area (Å²) in [5.41, 5.74) is 1.99. The molecule has 1 saturated carbocycles. The molecule has 3 nitrogen and oxygen atoms in total. The molecule has 1 heterocycles. The Morgan fingerprint density at radius 2 is 1.95 bits per heavy atom.